The molecule has 3 aliphatic rings. The fourth-order valence-corrected chi connectivity index (χ4v) is 4.33. The number of halogens is 1. The Hall–Kier alpha value is -2.31. The number of rotatable bonds is 1. The van der Waals surface area contributed by atoms with Gasteiger partial charge in [0.25, 0.3) is 6.02 Å². The molecule has 1 aromatic carbocycles. The van der Waals surface area contributed by atoms with Crippen LogP contribution < -0.4 is 10.5 Å². The first-order valence-electron chi connectivity index (χ1n) is 8.64. The van der Waals surface area contributed by atoms with Crippen LogP contribution in [-0.4, -0.2) is 36.9 Å². The molecule has 5 rings (SSSR count). The molecule has 1 spiro atoms. The van der Waals surface area contributed by atoms with Gasteiger partial charge in [-0.05, 0) is 23.8 Å². The van der Waals surface area contributed by atoms with Crippen molar-refractivity contribution in [1.82, 2.24) is 4.98 Å². The van der Waals surface area contributed by atoms with E-state index in [4.69, 9.17) is 36.5 Å². The van der Waals surface area contributed by atoms with E-state index in [1.807, 2.05) is 18.2 Å². The number of benzene rings is 1. The molecule has 4 heterocycles. The lowest BCUT2D eigenvalue weighted by Gasteiger charge is -2.45. The lowest BCUT2D eigenvalue weighted by atomic mass is 9.72. The van der Waals surface area contributed by atoms with Crippen molar-refractivity contribution in [3.8, 4) is 16.9 Å². The summed E-state index contributed by atoms with van der Waals surface area (Å²) in [6.07, 6.45) is 4.29. The second-order valence-corrected chi connectivity index (χ2v) is 7.33. The summed E-state index contributed by atoms with van der Waals surface area (Å²) in [5, 5.41) is 0.596. The second kappa shape index (κ2) is 5.86. The molecule has 1 aromatic heterocycles. The number of nitrogens with zero attached hydrogens (tertiary/aromatic N) is 2. The van der Waals surface area contributed by atoms with Crippen molar-refractivity contribution < 1.29 is 14.2 Å². The van der Waals surface area contributed by atoms with Crippen molar-refractivity contribution in [2.24, 2.45) is 16.6 Å². The summed E-state index contributed by atoms with van der Waals surface area (Å²) in [6.45, 7) is 1.67. The Morgan fingerprint density at radius 1 is 1.19 bits per heavy atom. The lowest BCUT2D eigenvalue weighted by molar-refractivity contribution is -0.0726. The summed E-state index contributed by atoms with van der Waals surface area (Å²) in [7, 11) is 0. The van der Waals surface area contributed by atoms with Crippen LogP contribution in [0.15, 0.2) is 41.7 Å². The van der Waals surface area contributed by atoms with Crippen LogP contribution in [0.2, 0.25) is 5.02 Å². The zero-order valence-electron chi connectivity index (χ0n) is 14.0. The van der Waals surface area contributed by atoms with Gasteiger partial charge in [-0.1, -0.05) is 17.7 Å². The van der Waals surface area contributed by atoms with E-state index >= 15 is 0 Å². The summed E-state index contributed by atoms with van der Waals surface area (Å²) < 4.78 is 17.6. The smallest absolute Gasteiger partial charge is 0.283 e. The summed E-state index contributed by atoms with van der Waals surface area (Å²) in [5.41, 5.74) is 8.24. The molecule has 0 unspecified atom stereocenters. The Morgan fingerprint density at radius 2 is 2.12 bits per heavy atom. The Labute approximate surface area is 155 Å². The highest BCUT2D eigenvalue weighted by molar-refractivity contribution is 6.30. The normalized spacial score (nSPS) is 29.3. The van der Waals surface area contributed by atoms with Crippen molar-refractivity contribution in [2.45, 2.75) is 18.1 Å². The molecule has 0 saturated carbocycles. The predicted octanol–water partition coefficient (Wildman–Crippen LogP) is 2.74. The summed E-state index contributed by atoms with van der Waals surface area (Å²) in [5.74, 6) is 0.895. The van der Waals surface area contributed by atoms with Crippen molar-refractivity contribution in [3.05, 3.63) is 47.2 Å². The van der Waals surface area contributed by atoms with Crippen LogP contribution in [0.1, 0.15) is 12.0 Å². The highest BCUT2D eigenvalue weighted by atomic mass is 35.5. The molecule has 1 saturated heterocycles. The van der Waals surface area contributed by atoms with Gasteiger partial charge < -0.3 is 19.9 Å². The van der Waals surface area contributed by atoms with Crippen molar-refractivity contribution in [2.75, 3.05) is 19.8 Å². The first kappa shape index (κ1) is 15.9. The maximum absolute atomic E-state index is 6.29. The molecule has 26 heavy (non-hydrogen) atoms. The fourth-order valence-electron chi connectivity index (χ4n) is 4.16. The van der Waals surface area contributed by atoms with E-state index in [1.54, 1.807) is 12.4 Å². The maximum Gasteiger partial charge on any atom is 0.283 e. The number of aromatic nitrogens is 1. The van der Waals surface area contributed by atoms with Crippen molar-refractivity contribution in [1.29, 1.82) is 0 Å². The van der Waals surface area contributed by atoms with E-state index in [0.717, 1.165) is 28.9 Å². The first-order chi connectivity index (χ1) is 12.7. The number of aliphatic imine (C=N–C) groups is 1. The molecule has 3 atom stereocenters. The minimum absolute atomic E-state index is 0.0492. The standard InChI is InChI=1S/C19H18ClN3O3/c20-13-5-12(7-22-8-13)11-1-2-16-14(6-11)19(10-25-18(21)23-19)15-9-24-4-3-17(15)26-16/h1-2,5-8,15,17H,3-4,9-10H2,(H2,21,23)/t15-,17-,19+/m0/s1. The number of pyridine rings is 1. The van der Waals surface area contributed by atoms with Gasteiger partial charge in [-0.2, -0.15) is 0 Å². The SMILES string of the molecule is NC1=N[C@]2(CO1)c1cc(-c3cncc(Cl)c3)ccc1O[C@H]1CCOC[C@@H]12. The zero-order valence-corrected chi connectivity index (χ0v) is 14.8. The van der Waals surface area contributed by atoms with Crippen molar-refractivity contribution in [3.63, 3.8) is 0 Å². The molecule has 0 aliphatic carbocycles. The van der Waals surface area contributed by atoms with Gasteiger partial charge in [0, 0.05) is 29.9 Å². The number of nitrogens with two attached hydrogens (primary N) is 1. The average Bonchev–Trinajstić information content (AvgIpc) is 3.04. The lowest BCUT2D eigenvalue weighted by Crippen LogP contribution is -2.52. The van der Waals surface area contributed by atoms with E-state index in [-0.39, 0.29) is 18.0 Å². The number of amidine groups is 1. The number of fused-ring (bicyclic) bond motifs is 4. The van der Waals surface area contributed by atoms with Crippen LogP contribution in [0.4, 0.5) is 0 Å². The predicted molar refractivity (Wildman–Crippen MR) is 97.3 cm³/mol. The van der Waals surface area contributed by atoms with Crippen LogP contribution >= 0.6 is 11.6 Å². The number of ether oxygens (including phenoxy) is 3. The van der Waals surface area contributed by atoms with Crippen molar-refractivity contribution >= 4 is 17.6 Å². The molecule has 134 valence electrons. The van der Waals surface area contributed by atoms with Gasteiger partial charge in [-0.25, -0.2) is 4.99 Å². The molecule has 3 aliphatic heterocycles. The fraction of sp³-hybridized carbons (Fsp3) is 0.368. The molecular weight excluding hydrogens is 354 g/mol. The van der Waals surface area contributed by atoms with Gasteiger partial charge in [-0.3, -0.25) is 4.98 Å². The van der Waals surface area contributed by atoms with E-state index < -0.39 is 5.54 Å². The largest absolute Gasteiger partial charge is 0.489 e. The van der Waals surface area contributed by atoms with Gasteiger partial charge in [0.2, 0.25) is 0 Å². The van der Waals surface area contributed by atoms with Crippen LogP contribution in [0.3, 0.4) is 0 Å². The Kier molecular flexibility index (Phi) is 3.58. The second-order valence-electron chi connectivity index (χ2n) is 6.89. The van der Waals surface area contributed by atoms with Crippen LogP contribution in [0.5, 0.6) is 5.75 Å². The molecule has 0 bridgehead atoms. The Bertz CT molecular complexity index is 903. The highest BCUT2D eigenvalue weighted by Crippen LogP contribution is 2.50. The summed E-state index contributed by atoms with van der Waals surface area (Å²) in [6, 6.07) is 8.20. The van der Waals surface area contributed by atoms with Crippen LogP contribution in [0, 0.1) is 5.92 Å². The Morgan fingerprint density at radius 3 is 2.92 bits per heavy atom. The number of hydrogen-bond acceptors (Lipinski definition) is 6. The number of hydrogen-bond donors (Lipinski definition) is 1. The molecule has 0 amide bonds. The quantitative estimate of drug-likeness (QED) is 0.833. The topological polar surface area (TPSA) is 79.0 Å². The van der Waals surface area contributed by atoms with Gasteiger partial charge in [0.05, 0.1) is 24.2 Å². The van der Waals surface area contributed by atoms with E-state index in [0.29, 0.717) is 24.8 Å². The molecule has 0 radical (unpaired) electrons. The third-order valence-electron chi connectivity index (χ3n) is 5.42. The third kappa shape index (κ3) is 2.36. The molecule has 2 aromatic rings. The minimum Gasteiger partial charge on any atom is -0.489 e. The van der Waals surface area contributed by atoms with E-state index in [9.17, 15) is 0 Å². The maximum atomic E-state index is 6.29. The van der Waals surface area contributed by atoms with Gasteiger partial charge in [0.15, 0.2) is 0 Å². The highest BCUT2D eigenvalue weighted by Gasteiger charge is 2.54. The molecule has 2 N–H and O–H groups in total. The molecule has 7 heteroatoms. The third-order valence-corrected chi connectivity index (χ3v) is 5.63. The van der Waals surface area contributed by atoms with Crippen LogP contribution in [-0.2, 0) is 15.0 Å². The Balaban J connectivity index is 1.67. The van der Waals surface area contributed by atoms with Gasteiger partial charge >= 0.3 is 0 Å². The van der Waals surface area contributed by atoms with E-state index in [2.05, 4.69) is 11.1 Å². The average molecular weight is 372 g/mol. The summed E-state index contributed by atoms with van der Waals surface area (Å²) in [4.78, 5) is 8.91. The summed E-state index contributed by atoms with van der Waals surface area (Å²) >= 11 is 6.11. The molecule has 6 nitrogen and oxygen atoms in total. The zero-order chi connectivity index (χ0) is 17.7. The van der Waals surface area contributed by atoms with Crippen LogP contribution in [0.25, 0.3) is 11.1 Å². The monoisotopic (exact) mass is 371 g/mol. The van der Waals surface area contributed by atoms with Gasteiger partial charge in [-0.15, -0.1) is 0 Å². The first-order valence-corrected chi connectivity index (χ1v) is 9.01. The minimum atomic E-state index is -0.579. The van der Waals surface area contributed by atoms with E-state index in [1.165, 1.54) is 0 Å². The molecule has 1 fully saturated rings. The van der Waals surface area contributed by atoms with Gasteiger partial charge in [0.1, 0.15) is 24.0 Å². The molecular formula is C19H18ClN3O3.